The number of anilines is 1. The first kappa shape index (κ1) is 91.5. The highest BCUT2D eigenvalue weighted by Crippen LogP contribution is 2.17. The number of carboxylic acids is 3. The van der Waals surface area contributed by atoms with Gasteiger partial charge in [0.05, 0.1) is 50.4 Å². The van der Waals surface area contributed by atoms with E-state index in [1.807, 2.05) is 5.32 Å². The molecule has 41 heteroatoms. The standard InChI is InChI=1S/C65H98N16O24S/c1-6-31(3)51(79-54(93)37(67)23-34-16-18-36(85)19-17-34)63(102)78-45(29-106-30-48(88)70-35-13-9-8-10-14-35)61(100)75-41(25-49(89)90)57(96)73-40(24-47(69)87)56(95)71-38(20-21-46(68)86)55(94)74-42(26-50(91)92)58(97)81-53(33(5)84)64(103)80-52(32(4)7-2)62(101)77-44(28-83)60(99)76-43(27-82)59(98)72-39(65(104)105)15-11-12-22-66/h8-10,13-14,16-19,31-33,37-45,51-53,82-85H,6-7,11-12,15,20-30,66-67H2,1-5H3,(H2,68,86)(H2,69,87)(H,70,88)(H,71,95)(H,72,98)(H,73,96)(H,74,94)(H,75,100)(H,76,99)(H,77,101)(H,78,102)(H,79,93)(H,80,103)(H,81,97)(H,89,90)(H,91,92)(H,104,105)/t31-,32-,33+,37-,38-,39-,40-,41-,42-,43-,44-,45-,51-,52-,53-/m0/s1. The molecule has 106 heavy (non-hydrogen) atoms. The zero-order valence-corrected chi connectivity index (χ0v) is 59.8. The van der Waals surface area contributed by atoms with Crippen LogP contribution in [0.5, 0.6) is 5.75 Å². The Labute approximate surface area is 612 Å². The number of aliphatic hydroxyl groups is 3. The molecular weight excluding hydrogens is 1420 g/mol. The largest absolute Gasteiger partial charge is 0.508 e. The van der Waals surface area contributed by atoms with Crippen LogP contribution in [-0.2, 0) is 87.9 Å². The first-order valence-electron chi connectivity index (χ1n) is 33.5. The SMILES string of the molecule is CC[C@H](C)[C@H](NC(=O)[C@@H](NC(=O)[C@H](CC(=O)O)NC(=O)[C@H](CCC(N)=O)NC(=O)[C@H](CC(N)=O)NC(=O)[C@H](CC(=O)O)NC(=O)[C@H](CSCC(=O)Nc1ccccc1)NC(=O)[C@@H](NC(=O)[C@@H](N)Cc1ccc(O)cc1)[C@@H](C)CC)[C@@H](C)O)C(=O)N[C@@H](CO)C(=O)N[C@@H](CO)C(=O)N[C@@H](CCCCN)C(=O)O. The molecule has 0 unspecified atom stereocenters. The molecule has 0 aromatic heterocycles. The maximum atomic E-state index is 14.4. The number of amides is 14. The second-order valence-corrected chi connectivity index (χ2v) is 25.8. The van der Waals surface area contributed by atoms with E-state index in [9.17, 15) is 117 Å². The number of aromatic hydroxyl groups is 1. The monoisotopic (exact) mass is 1520 g/mol. The summed E-state index contributed by atoms with van der Waals surface area (Å²) in [6, 6.07) is -8.18. The minimum absolute atomic E-state index is 0.0403. The summed E-state index contributed by atoms with van der Waals surface area (Å²) in [4.78, 5) is 227. The van der Waals surface area contributed by atoms with Gasteiger partial charge in [-0.3, -0.25) is 76.7 Å². The number of unbranched alkanes of at least 4 members (excludes halogenated alkanes) is 1. The molecule has 0 saturated heterocycles. The fraction of sp³-hybridized carbons (Fsp3) is 0.554. The van der Waals surface area contributed by atoms with E-state index in [4.69, 9.17) is 22.9 Å². The van der Waals surface area contributed by atoms with Crippen molar-refractivity contribution in [3.63, 3.8) is 0 Å². The first-order valence-corrected chi connectivity index (χ1v) is 34.7. The maximum absolute atomic E-state index is 14.4. The molecule has 0 heterocycles. The molecule has 588 valence electrons. The topological polar surface area (TPSA) is 680 Å². The number of aliphatic carboxylic acids is 3. The number of benzene rings is 2. The molecule has 0 aliphatic rings. The molecule has 0 saturated carbocycles. The molecule has 0 spiro atoms. The second kappa shape index (κ2) is 47.0. The van der Waals surface area contributed by atoms with E-state index in [2.05, 4.69) is 58.5 Å². The zero-order chi connectivity index (χ0) is 80.1. The fourth-order valence-corrected chi connectivity index (χ4v) is 10.6. The normalized spacial score (nSPS) is 15.3. The minimum atomic E-state index is -2.26. The third-order valence-corrected chi connectivity index (χ3v) is 17.2. The number of rotatable bonds is 50. The number of nitrogens with one attached hydrogen (secondary N) is 12. The Kier molecular flexibility index (Phi) is 40.5. The van der Waals surface area contributed by atoms with Gasteiger partial charge in [-0.1, -0.05) is 70.9 Å². The van der Waals surface area contributed by atoms with Crippen molar-refractivity contribution in [2.75, 3.05) is 36.6 Å². The van der Waals surface area contributed by atoms with E-state index in [0.29, 0.717) is 24.1 Å². The predicted molar refractivity (Wildman–Crippen MR) is 375 cm³/mol. The van der Waals surface area contributed by atoms with Crippen LogP contribution in [0.3, 0.4) is 0 Å². The highest BCUT2D eigenvalue weighted by Gasteiger charge is 2.40. The molecule has 2 rings (SSSR count). The summed E-state index contributed by atoms with van der Waals surface area (Å²) in [5.74, 6) is -24.5. The Hall–Kier alpha value is -10.6. The molecule has 14 amide bonds. The van der Waals surface area contributed by atoms with Crippen LogP contribution in [0.25, 0.3) is 0 Å². The molecule has 0 fully saturated rings. The van der Waals surface area contributed by atoms with E-state index >= 15 is 0 Å². The summed E-state index contributed by atoms with van der Waals surface area (Å²) in [5, 5.41) is 96.9. The Morgan fingerprint density at radius 3 is 1.32 bits per heavy atom. The Morgan fingerprint density at radius 1 is 0.462 bits per heavy atom. The van der Waals surface area contributed by atoms with Crippen LogP contribution in [0.2, 0.25) is 0 Å². The third kappa shape index (κ3) is 33.0. The number of hydrogen-bond donors (Lipinski definition) is 23. The Morgan fingerprint density at radius 2 is 0.868 bits per heavy atom. The molecule has 0 bridgehead atoms. The summed E-state index contributed by atoms with van der Waals surface area (Å²) in [6.45, 7) is 5.20. The highest BCUT2D eigenvalue weighted by atomic mass is 32.2. The van der Waals surface area contributed by atoms with Gasteiger partial charge in [0.2, 0.25) is 82.7 Å². The van der Waals surface area contributed by atoms with Crippen molar-refractivity contribution in [2.45, 2.75) is 184 Å². The summed E-state index contributed by atoms with van der Waals surface area (Å²) in [6.07, 6.45) is -6.25. The fourth-order valence-electron chi connectivity index (χ4n) is 9.74. The molecule has 0 radical (unpaired) electrons. The number of carbonyl (C=O) groups excluding carboxylic acids is 14. The van der Waals surface area contributed by atoms with Gasteiger partial charge in [0.15, 0.2) is 0 Å². The van der Waals surface area contributed by atoms with Crippen molar-refractivity contribution < 1.29 is 117 Å². The zero-order valence-electron chi connectivity index (χ0n) is 59.0. The van der Waals surface area contributed by atoms with Gasteiger partial charge in [0.1, 0.15) is 72.2 Å². The number of primary amides is 2. The molecule has 40 nitrogen and oxygen atoms in total. The smallest absolute Gasteiger partial charge is 0.326 e. The summed E-state index contributed by atoms with van der Waals surface area (Å²) in [7, 11) is 0. The van der Waals surface area contributed by atoms with Gasteiger partial charge < -0.3 is 122 Å². The van der Waals surface area contributed by atoms with Gasteiger partial charge in [-0.2, -0.15) is 0 Å². The van der Waals surface area contributed by atoms with Crippen molar-refractivity contribution in [1.29, 1.82) is 0 Å². The van der Waals surface area contributed by atoms with Crippen LogP contribution >= 0.6 is 11.8 Å². The van der Waals surface area contributed by atoms with Gasteiger partial charge in [-0.25, -0.2) is 4.79 Å². The van der Waals surface area contributed by atoms with Crippen molar-refractivity contribution in [3.05, 3.63) is 60.2 Å². The number of thioether (sulfide) groups is 1. The van der Waals surface area contributed by atoms with Crippen LogP contribution < -0.4 is 86.7 Å². The van der Waals surface area contributed by atoms with Gasteiger partial charge in [-0.05, 0) is 87.2 Å². The van der Waals surface area contributed by atoms with Gasteiger partial charge >= 0.3 is 17.9 Å². The molecule has 27 N–H and O–H groups in total. The second-order valence-electron chi connectivity index (χ2n) is 24.7. The van der Waals surface area contributed by atoms with Gasteiger partial charge in [0, 0.05) is 17.9 Å². The number of para-hydroxylation sites is 1. The summed E-state index contributed by atoms with van der Waals surface area (Å²) in [5.41, 5.74) is 23.4. The molecule has 0 aliphatic carbocycles. The molecule has 0 aliphatic heterocycles. The third-order valence-electron chi connectivity index (χ3n) is 16.2. The van der Waals surface area contributed by atoms with Crippen LogP contribution in [0, 0.1) is 11.8 Å². The average Bonchev–Trinajstić information content (AvgIpc) is 0.851. The number of phenolic OH excluding ortho intramolecular Hbond substituents is 1. The number of phenols is 1. The van der Waals surface area contributed by atoms with Crippen molar-refractivity contribution in [1.82, 2.24) is 58.5 Å². The molecular formula is C65H98N16O24S. The molecule has 2 aromatic carbocycles. The number of carbonyl (C=O) groups is 17. The lowest BCUT2D eigenvalue weighted by molar-refractivity contribution is -0.143. The summed E-state index contributed by atoms with van der Waals surface area (Å²) < 4.78 is 0. The van der Waals surface area contributed by atoms with Crippen LogP contribution in [0.1, 0.15) is 104 Å². The maximum Gasteiger partial charge on any atom is 0.326 e. The summed E-state index contributed by atoms with van der Waals surface area (Å²) >= 11 is 0.790. The minimum Gasteiger partial charge on any atom is -0.508 e. The number of carboxylic acid groups (broad SMARTS) is 3. The van der Waals surface area contributed by atoms with E-state index in [1.54, 1.807) is 51.1 Å². The van der Waals surface area contributed by atoms with E-state index in [0.717, 1.165) is 18.7 Å². The lowest BCUT2D eigenvalue weighted by Gasteiger charge is -2.30. The van der Waals surface area contributed by atoms with Crippen LogP contribution in [-0.4, -0.2) is 246 Å². The molecule has 15 atom stereocenters. The van der Waals surface area contributed by atoms with Crippen LogP contribution in [0.15, 0.2) is 54.6 Å². The molecule has 2 aromatic rings. The predicted octanol–water partition coefficient (Wildman–Crippen LogP) is -7.27. The van der Waals surface area contributed by atoms with E-state index in [1.165, 1.54) is 31.2 Å². The van der Waals surface area contributed by atoms with Gasteiger partial charge in [0.25, 0.3) is 0 Å². The highest BCUT2D eigenvalue weighted by molar-refractivity contribution is 8.00. The van der Waals surface area contributed by atoms with Crippen molar-refractivity contribution in [2.24, 2.45) is 34.8 Å². The number of aliphatic hydroxyl groups excluding tert-OH is 3. The Balaban J connectivity index is 2.48. The van der Waals surface area contributed by atoms with E-state index < -0.39 is 242 Å². The lowest BCUT2D eigenvalue weighted by Crippen LogP contribution is -2.63. The number of hydrogen-bond acceptors (Lipinski definition) is 24. The van der Waals surface area contributed by atoms with Crippen molar-refractivity contribution >= 4 is 118 Å². The van der Waals surface area contributed by atoms with E-state index in [-0.39, 0.29) is 43.7 Å². The lowest BCUT2D eigenvalue weighted by atomic mass is 9.97. The van der Waals surface area contributed by atoms with Crippen molar-refractivity contribution in [3.8, 4) is 5.75 Å². The van der Waals surface area contributed by atoms with Crippen LogP contribution in [0.4, 0.5) is 5.69 Å². The van der Waals surface area contributed by atoms with Gasteiger partial charge in [-0.15, -0.1) is 11.8 Å². The Bertz CT molecular complexity index is 3370. The number of nitrogens with two attached hydrogens (primary N) is 4. The quantitative estimate of drug-likeness (QED) is 0.0274. The first-order chi connectivity index (χ1) is 49.9. The average molecular weight is 1520 g/mol.